The molecule has 0 saturated carbocycles. The summed E-state index contributed by atoms with van der Waals surface area (Å²) in [5.74, 6) is 0.482. The summed E-state index contributed by atoms with van der Waals surface area (Å²) in [5.41, 5.74) is 1.97. The van der Waals surface area contributed by atoms with Gasteiger partial charge in [-0.1, -0.05) is 35.5 Å². The van der Waals surface area contributed by atoms with Gasteiger partial charge in [-0.3, -0.25) is 4.90 Å². The van der Waals surface area contributed by atoms with Gasteiger partial charge in [0, 0.05) is 24.6 Å². The van der Waals surface area contributed by atoms with Crippen LogP contribution in [0.15, 0.2) is 40.9 Å². The van der Waals surface area contributed by atoms with Gasteiger partial charge < -0.3 is 14.0 Å². The van der Waals surface area contributed by atoms with E-state index < -0.39 is 5.79 Å². The zero-order valence-electron chi connectivity index (χ0n) is 13.2. The lowest BCUT2D eigenvalue weighted by molar-refractivity contribution is -0.283. The molecule has 1 unspecified atom stereocenters. The van der Waals surface area contributed by atoms with E-state index in [9.17, 15) is 0 Å². The lowest BCUT2D eigenvalue weighted by Gasteiger charge is -2.44. The van der Waals surface area contributed by atoms with E-state index in [2.05, 4.69) is 10.1 Å². The van der Waals surface area contributed by atoms with E-state index in [0.717, 1.165) is 56.1 Å². The van der Waals surface area contributed by atoms with Crippen molar-refractivity contribution in [2.75, 3.05) is 26.3 Å². The molecule has 5 heteroatoms. The maximum atomic E-state index is 5.94. The van der Waals surface area contributed by atoms with Gasteiger partial charge in [0.2, 0.25) is 0 Å². The molecule has 0 radical (unpaired) electrons. The van der Waals surface area contributed by atoms with Crippen LogP contribution in [0.5, 0.6) is 0 Å². The number of benzene rings is 1. The van der Waals surface area contributed by atoms with Crippen LogP contribution in [0.2, 0.25) is 0 Å². The molecular formula is C18H22N2O3. The molecule has 1 aromatic carbocycles. The average Bonchev–Trinajstić information content (AvgIpc) is 3.05. The van der Waals surface area contributed by atoms with Crippen LogP contribution >= 0.6 is 0 Å². The SMILES string of the molecule is c1ccc(-c2cc(CN3CCOC4(CCCCO4)C3)on2)cc1. The third-order valence-electron chi connectivity index (χ3n) is 4.56. The van der Waals surface area contributed by atoms with Gasteiger partial charge >= 0.3 is 0 Å². The number of hydrogen-bond acceptors (Lipinski definition) is 5. The molecule has 2 aliphatic rings. The fourth-order valence-corrected chi connectivity index (χ4v) is 3.38. The second kappa shape index (κ2) is 6.43. The standard InChI is InChI=1S/C18H22N2O3/c1-2-6-15(7-3-1)17-12-16(23-19-17)13-20-9-11-22-18(14-20)8-4-5-10-21-18/h1-3,6-7,12H,4-5,8-11,13-14H2. The third kappa shape index (κ3) is 3.32. The topological polar surface area (TPSA) is 47.7 Å². The minimum atomic E-state index is -0.404. The smallest absolute Gasteiger partial charge is 0.181 e. The molecule has 23 heavy (non-hydrogen) atoms. The highest BCUT2D eigenvalue weighted by atomic mass is 16.7. The number of morpholine rings is 1. The van der Waals surface area contributed by atoms with E-state index in [1.807, 2.05) is 36.4 Å². The Morgan fingerprint density at radius 2 is 1.96 bits per heavy atom. The first-order chi connectivity index (χ1) is 11.3. The second-order valence-corrected chi connectivity index (χ2v) is 6.32. The van der Waals surface area contributed by atoms with Gasteiger partial charge in [-0.05, 0) is 12.8 Å². The van der Waals surface area contributed by atoms with Gasteiger partial charge in [0.05, 0.1) is 26.3 Å². The third-order valence-corrected chi connectivity index (χ3v) is 4.56. The first-order valence-electron chi connectivity index (χ1n) is 8.34. The van der Waals surface area contributed by atoms with Crippen molar-refractivity contribution in [1.82, 2.24) is 10.1 Å². The molecule has 0 bridgehead atoms. The number of nitrogens with zero attached hydrogens (tertiary/aromatic N) is 2. The van der Waals surface area contributed by atoms with E-state index in [1.165, 1.54) is 6.42 Å². The average molecular weight is 314 g/mol. The molecular weight excluding hydrogens is 292 g/mol. The maximum Gasteiger partial charge on any atom is 0.181 e. The summed E-state index contributed by atoms with van der Waals surface area (Å²) in [6.07, 6.45) is 3.29. The highest BCUT2D eigenvalue weighted by Crippen LogP contribution is 2.30. The predicted molar refractivity (Wildman–Crippen MR) is 85.7 cm³/mol. The van der Waals surface area contributed by atoms with Crippen molar-refractivity contribution < 1.29 is 14.0 Å². The van der Waals surface area contributed by atoms with Crippen LogP contribution in [0.25, 0.3) is 11.3 Å². The normalized spacial score (nSPS) is 25.7. The van der Waals surface area contributed by atoms with E-state index in [1.54, 1.807) is 0 Å². The van der Waals surface area contributed by atoms with Crippen LogP contribution in [-0.4, -0.2) is 42.1 Å². The van der Waals surface area contributed by atoms with Crippen LogP contribution in [0.4, 0.5) is 0 Å². The summed E-state index contributed by atoms with van der Waals surface area (Å²) in [7, 11) is 0. The zero-order chi connectivity index (χ0) is 15.5. The summed E-state index contributed by atoms with van der Waals surface area (Å²) in [5, 5.41) is 4.19. The number of rotatable bonds is 3. The fourth-order valence-electron chi connectivity index (χ4n) is 3.38. The number of ether oxygens (including phenoxy) is 2. The Kier molecular flexibility index (Phi) is 4.16. The molecule has 0 N–H and O–H groups in total. The van der Waals surface area contributed by atoms with Crippen molar-refractivity contribution in [1.29, 1.82) is 0 Å². The van der Waals surface area contributed by atoms with Gasteiger partial charge in [0.25, 0.3) is 0 Å². The lowest BCUT2D eigenvalue weighted by atomic mass is 10.0. The van der Waals surface area contributed by atoms with Crippen LogP contribution in [-0.2, 0) is 16.0 Å². The molecule has 1 atom stereocenters. The molecule has 0 aliphatic carbocycles. The molecule has 122 valence electrons. The van der Waals surface area contributed by atoms with Crippen molar-refractivity contribution in [3.8, 4) is 11.3 Å². The van der Waals surface area contributed by atoms with Crippen molar-refractivity contribution in [2.45, 2.75) is 31.6 Å². The first-order valence-corrected chi connectivity index (χ1v) is 8.34. The van der Waals surface area contributed by atoms with Gasteiger partial charge in [-0.15, -0.1) is 0 Å². The minimum Gasteiger partial charge on any atom is -0.359 e. The first kappa shape index (κ1) is 14.9. The Morgan fingerprint density at radius 3 is 2.78 bits per heavy atom. The van der Waals surface area contributed by atoms with Gasteiger partial charge in [0.15, 0.2) is 11.5 Å². The lowest BCUT2D eigenvalue weighted by Crippen LogP contribution is -2.54. The second-order valence-electron chi connectivity index (χ2n) is 6.32. The Bertz CT molecular complexity index is 629. The monoisotopic (exact) mass is 314 g/mol. The van der Waals surface area contributed by atoms with E-state index in [4.69, 9.17) is 14.0 Å². The number of aromatic nitrogens is 1. The van der Waals surface area contributed by atoms with Crippen molar-refractivity contribution in [3.05, 3.63) is 42.2 Å². The molecule has 2 aromatic rings. The molecule has 4 rings (SSSR count). The summed E-state index contributed by atoms with van der Waals surface area (Å²) in [6, 6.07) is 12.1. The number of hydrogen-bond donors (Lipinski definition) is 0. The Balaban J connectivity index is 1.43. The quantitative estimate of drug-likeness (QED) is 0.871. The van der Waals surface area contributed by atoms with Crippen LogP contribution in [0.1, 0.15) is 25.0 Å². The Morgan fingerprint density at radius 1 is 1.09 bits per heavy atom. The Hall–Kier alpha value is -1.69. The van der Waals surface area contributed by atoms with Gasteiger partial charge in [-0.25, -0.2) is 0 Å². The highest BCUT2D eigenvalue weighted by Gasteiger charge is 2.39. The summed E-state index contributed by atoms with van der Waals surface area (Å²) >= 11 is 0. The largest absolute Gasteiger partial charge is 0.359 e. The fraction of sp³-hybridized carbons (Fsp3) is 0.500. The van der Waals surface area contributed by atoms with Gasteiger partial charge in [0.1, 0.15) is 5.69 Å². The van der Waals surface area contributed by atoms with Gasteiger partial charge in [-0.2, -0.15) is 0 Å². The highest BCUT2D eigenvalue weighted by molar-refractivity contribution is 5.58. The van der Waals surface area contributed by atoms with E-state index >= 15 is 0 Å². The molecule has 1 spiro atoms. The minimum absolute atomic E-state index is 0.404. The van der Waals surface area contributed by atoms with E-state index in [0.29, 0.717) is 6.61 Å². The molecule has 2 fully saturated rings. The molecule has 5 nitrogen and oxygen atoms in total. The molecule has 2 saturated heterocycles. The zero-order valence-corrected chi connectivity index (χ0v) is 13.2. The van der Waals surface area contributed by atoms with Crippen molar-refractivity contribution in [2.24, 2.45) is 0 Å². The van der Waals surface area contributed by atoms with Crippen LogP contribution in [0, 0.1) is 0 Å². The molecule has 3 heterocycles. The van der Waals surface area contributed by atoms with Crippen molar-refractivity contribution in [3.63, 3.8) is 0 Å². The van der Waals surface area contributed by atoms with Crippen LogP contribution < -0.4 is 0 Å². The molecule has 0 amide bonds. The molecule has 2 aliphatic heterocycles. The maximum absolute atomic E-state index is 5.94. The predicted octanol–water partition coefficient (Wildman–Crippen LogP) is 3.07. The van der Waals surface area contributed by atoms with Crippen LogP contribution in [0.3, 0.4) is 0 Å². The van der Waals surface area contributed by atoms with Crippen molar-refractivity contribution >= 4 is 0 Å². The summed E-state index contributed by atoms with van der Waals surface area (Å²) in [6.45, 7) is 3.95. The molecule has 1 aromatic heterocycles. The Labute approximate surface area is 136 Å². The summed E-state index contributed by atoms with van der Waals surface area (Å²) in [4.78, 5) is 2.34. The van der Waals surface area contributed by atoms with E-state index in [-0.39, 0.29) is 0 Å². The summed E-state index contributed by atoms with van der Waals surface area (Å²) < 4.78 is 17.4.